The van der Waals surface area contributed by atoms with Crippen LogP contribution in [0.15, 0.2) is 54.6 Å². The Morgan fingerprint density at radius 2 is 1.67 bits per heavy atom. The lowest BCUT2D eigenvalue weighted by Crippen LogP contribution is -2.25. The van der Waals surface area contributed by atoms with E-state index in [1.54, 1.807) is 0 Å². The third kappa shape index (κ3) is 5.42. The molecule has 2 aromatic carbocycles. The van der Waals surface area contributed by atoms with Crippen LogP contribution in [-0.2, 0) is 17.8 Å². The average Bonchev–Trinajstić information content (AvgIpc) is 2.48. The Morgan fingerprint density at radius 1 is 1.00 bits per heavy atom. The van der Waals surface area contributed by atoms with Crippen LogP contribution in [0.3, 0.4) is 0 Å². The molecule has 2 aromatic rings. The van der Waals surface area contributed by atoms with Crippen molar-refractivity contribution in [3.8, 4) is 0 Å². The van der Waals surface area contributed by atoms with Gasteiger partial charge in [-0.1, -0.05) is 67.1 Å². The maximum Gasteiger partial charge on any atom is 0.220 e. The molecule has 0 spiro atoms. The molecule has 0 aliphatic carbocycles. The van der Waals surface area contributed by atoms with Crippen LogP contribution in [-0.4, -0.2) is 5.91 Å². The minimum Gasteiger partial charge on any atom is -0.352 e. The zero-order chi connectivity index (χ0) is 15.1. The summed E-state index contributed by atoms with van der Waals surface area (Å²) in [6.07, 6.45) is 1.51. The van der Waals surface area contributed by atoms with E-state index in [0.717, 1.165) is 12.0 Å². The van der Waals surface area contributed by atoms with Gasteiger partial charge in [0, 0.05) is 13.0 Å². The van der Waals surface area contributed by atoms with E-state index < -0.39 is 0 Å². The standard InChI is InChI=1S/C19H23NO/c1-15-8-10-17(11-9-15)12-16(2)13-19(21)20-14-18-6-4-3-5-7-18/h3-11,16H,12-14H2,1-2H3,(H,20,21)/t16-/m0/s1. The first kappa shape index (κ1) is 15.3. The van der Waals surface area contributed by atoms with Gasteiger partial charge in [0.1, 0.15) is 0 Å². The number of nitrogens with one attached hydrogen (secondary N) is 1. The second-order valence-electron chi connectivity index (χ2n) is 5.76. The summed E-state index contributed by atoms with van der Waals surface area (Å²) in [4.78, 5) is 12.0. The Morgan fingerprint density at radius 3 is 2.33 bits per heavy atom. The molecule has 21 heavy (non-hydrogen) atoms. The van der Waals surface area contributed by atoms with Gasteiger partial charge in [0.05, 0.1) is 0 Å². The molecule has 110 valence electrons. The molecule has 0 heterocycles. The molecule has 0 radical (unpaired) electrons. The first-order valence-electron chi connectivity index (χ1n) is 7.49. The van der Waals surface area contributed by atoms with Crippen molar-refractivity contribution in [1.82, 2.24) is 5.32 Å². The molecule has 0 aromatic heterocycles. The summed E-state index contributed by atoms with van der Waals surface area (Å²) in [5.74, 6) is 0.474. The quantitative estimate of drug-likeness (QED) is 0.855. The summed E-state index contributed by atoms with van der Waals surface area (Å²) < 4.78 is 0. The molecule has 1 atom stereocenters. The molecule has 2 nitrogen and oxygen atoms in total. The van der Waals surface area contributed by atoms with Crippen molar-refractivity contribution in [3.63, 3.8) is 0 Å². The van der Waals surface area contributed by atoms with Crippen LogP contribution >= 0.6 is 0 Å². The zero-order valence-electron chi connectivity index (χ0n) is 12.8. The van der Waals surface area contributed by atoms with Crippen molar-refractivity contribution in [2.24, 2.45) is 5.92 Å². The van der Waals surface area contributed by atoms with Gasteiger partial charge in [0.15, 0.2) is 0 Å². The fourth-order valence-electron chi connectivity index (χ4n) is 2.38. The van der Waals surface area contributed by atoms with Crippen molar-refractivity contribution in [2.45, 2.75) is 33.2 Å². The third-order valence-corrected chi connectivity index (χ3v) is 3.57. The lowest BCUT2D eigenvalue weighted by Gasteiger charge is -2.12. The summed E-state index contributed by atoms with van der Waals surface area (Å²) in [6.45, 7) is 4.82. The molecule has 0 saturated carbocycles. The van der Waals surface area contributed by atoms with E-state index in [9.17, 15) is 4.79 Å². The molecule has 1 N–H and O–H groups in total. The summed E-state index contributed by atoms with van der Waals surface area (Å²) in [7, 11) is 0. The SMILES string of the molecule is Cc1ccc(C[C@H](C)CC(=O)NCc2ccccc2)cc1. The summed E-state index contributed by atoms with van der Waals surface area (Å²) in [6, 6.07) is 18.5. The van der Waals surface area contributed by atoms with Crippen molar-refractivity contribution >= 4 is 5.91 Å². The number of benzene rings is 2. The Balaban J connectivity index is 1.75. The van der Waals surface area contributed by atoms with Gasteiger partial charge < -0.3 is 5.32 Å². The number of hydrogen-bond donors (Lipinski definition) is 1. The van der Waals surface area contributed by atoms with E-state index in [-0.39, 0.29) is 5.91 Å². The molecule has 2 heteroatoms. The smallest absolute Gasteiger partial charge is 0.220 e. The fourth-order valence-corrected chi connectivity index (χ4v) is 2.38. The molecule has 0 aliphatic heterocycles. The van der Waals surface area contributed by atoms with E-state index in [2.05, 4.69) is 43.4 Å². The first-order chi connectivity index (χ1) is 10.1. The van der Waals surface area contributed by atoms with Crippen molar-refractivity contribution in [2.75, 3.05) is 0 Å². The minimum atomic E-state index is 0.124. The van der Waals surface area contributed by atoms with Crippen LogP contribution in [0.5, 0.6) is 0 Å². The van der Waals surface area contributed by atoms with E-state index in [1.165, 1.54) is 11.1 Å². The highest BCUT2D eigenvalue weighted by Crippen LogP contribution is 2.13. The molecule has 0 aliphatic rings. The Bertz CT molecular complexity index is 560. The summed E-state index contributed by atoms with van der Waals surface area (Å²) in [5.41, 5.74) is 3.70. The number of rotatable bonds is 6. The van der Waals surface area contributed by atoms with Gasteiger partial charge in [-0.2, -0.15) is 0 Å². The topological polar surface area (TPSA) is 29.1 Å². The first-order valence-corrected chi connectivity index (χ1v) is 7.49. The number of aryl methyl sites for hydroxylation is 1. The van der Waals surface area contributed by atoms with Gasteiger partial charge in [0.2, 0.25) is 5.91 Å². The lowest BCUT2D eigenvalue weighted by atomic mass is 9.97. The van der Waals surface area contributed by atoms with Crippen LogP contribution in [0.4, 0.5) is 0 Å². The van der Waals surface area contributed by atoms with E-state index in [4.69, 9.17) is 0 Å². The minimum absolute atomic E-state index is 0.124. The van der Waals surface area contributed by atoms with Gasteiger partial charge in [0.25, 0.3) is 0 Å². The van der Waals surface area contributed by atoms with Gasteiger partial charge in [-0.05, 0) is 30.4 Å². The van der Waals surface area contributed by atoms with Crippen LogP contribution in [0, 0.1) is 12.8 Å². The predicted octanol–water partition coefficient (Wildman–Crippen LogP) is 3.88. The van der Waals surface area contributed by atoms with E-state index in [1.807, 2.05) is 30.3 Å². The maximum absolute atomic E-state index is 12.0. The average molecular weight is 281 g/mol. The van der Waals surface area contributed by atoms with Crippen LogP contribution in [0.2, 0.25) is 0 Å². The molecular weight excluding hydrogens is 258 g/mol. The Hall–Kier alpha value is -2.09. The van der Waals surface area contributed by atoms with Crippen molar-refractivity contribution in [1.29, 1.82) is 0 Å². The zero-order valence-corrected chi connectivity index (χ0v) is 12.8. The molecule has 2 rings (SSSR count). The highest BCUT2D eigenvalue weighted by Gasteiger charge is 2.09. The normalized spacial score (nSPS) is 11.9. The van der Waals surface area contributed by atoms with Crippen LogP contribution in [0.1, 0.15) is 30.0 Å². The molecular formula is C19H23NO. The van der Waals surface area contributed by atoms with Gasteiger partial charge in [-0.15, -0.1) is 0 Å². The maximum atomic E-state index is 12.0. The molecule has 0 unspecified atom stereocenters. The van der Waals surface area contributed by atoms with Crippen molar-refractivity contribution in [3.05, 3.63) is 71.3 Å². The van der Waals surface area contributed by atoms with Crippen molar-refractivity contribution < 1.29 is 4.79 Å². The molecule has 0 fully saturated rings. The van der Waals surface area contributed by atoms with Gasteiger partial charge in [-0.3, -0.25) is 4.79 Å². The van der Waals surface area contributed by atoms with E-state index in [0.29, 0.717) is 18.9 Å². The van der Waals surface area contributed by atoms with Crippen LogP contribution < -0.4 is 5.32 Å². The largest absolute Gasteiger partial charge is 0.352 e. The Kier molecular flexibility index (Phi) is 5.56. The van der Waals surface area contributed by atoms with Gasteiger partial charge in [-0.25, -0.2) is 0 Å². The predicted molar refractivity (Wildman–Crippen MR) is 87.0 cm³/mol. The summed E-state index contributed by atoms with van der Waals surface area (Å²) >= 11 is 0. The summed E-state index contributed by atoms with van der Waals surface area (Å²) in [5, 5.41) is 2.99. The lowest BCUT2D eigenvalue weighted by molar-refractivity contribution is -0.122. The molecule has 1 amide bonds. The highest BCUT2D eigenvalue weighted by molar-refractivity contribution is 5.76. The number of hydrogen-bond acceptors (Lipinski definition) is 1. The van der Waals surface area contributed by atoms with Gasteiger partial charge >= 0.3 is 0 Å². The monoisotopic (exact) mass is 281 g/mol. The number of carbonyl (C=O) groups is 1. The van der Waals surface area contributed by atoms with Crippen LogP contribution in [0.25, 0.3) is 0 Å². The second-order valence-corrected chi connectivity index (χ2v) is 5.76. The number of carbonyl (C=O) groups excluding carboxylic acids is 1. The molecule has 0 saturated heterocycles. The van der Waals surface area contributed by atoms with E-state index >= 15 is 0 Å². The Labute approximate surface area is 127 Å². The number of amides is 1. The molecule has 0 bridgehead atoms. The highest BCUT2D eigenvalue weighted by atomic mass is 16.1. The second kappa shape index (κ2) is 7.63. The fraction of sp³-hybridized carbons (Fsp3) is 0.316. The third-order valence-electron chi connectivity index (χ3n) is 3.57.